The van der Waals surface area contributed by atoms with Crippen LogP contribution in [0.1, 0.15) is 24.8 Å². The first-order valence-corrected chi connectivity index (χ1v) is 10.5. The van der Waals surface area contributed by atoms with Crippen LogP contribution in [-0.4, -0.2) is 27.4 Å². The summed E-state index contributed by atoms with van der Waals surface area (Å²) in [5.74, 6) is -0.508. The van der Waals surface area contributed by atoms with Gasteiger partial charge in [0, 0.05) is 18.1 Å². The van der Waals surface area contributed by atoms with E-state index in [1.54, 1.807) is 24.3 Å². The molecule has 1 aliphatic rings. The number of halogens is 2. The molecule has 2 aromatic rings. The van der Waals surface area contributed by atoms with E-state index in [0.29, 0.717) is 17.9 Å². The summed E-state index contributed by atoms with van der Waals surface area (Å²) >= 11 is 5.82. The van der Waals surface area contributed by atoms with Gasteiger partial charge in [-0.1, -0.05) is 36.2 Å². The molecule has 0 spiro atoms. The van der Waals surface area contributed by atoms with E-state index in [9.17, 15) is 17.6 Å². The highest BCUT2D eigenvalue weighted by Gasteiger charge is 2.45. The van der Waals surface area contributed by atoms with Crippen molar-refractivity contribution >= 4 is 27.5 Å². The van der Waals surface area contributed by atoms with Crippen LogP contribution in [0.25, 0.3) is 0 Å². The van der Waals surface area contributed by atoms with Gasteiger partial charge in [0.25, 0.3) is 0 Å². The van der Waals surface area contributed by atoms with Crippen LogP contribution in [-0.2, 0) is 20.2 Å². The third-order valence-corrected chi connectivity index (χ3v) is 6.54. The Morgan fingerprint density at radius 1 is 1.11 bits per heavy atom. The van der Waals surface area contributed by atoms with Gasteiger partial charge in [-0.25, -0.2) is 17.5 Å². The molecule has 27 heavy (non-hydrogen) atoms. The highest BCUT2D eigenvalue weighted by molar-refractivity contribution is 7.89. The standard InChI is InChI=1S/C19H20ClFN2O3S/c20-15-3-1-4-17(13-15)27(25,26)23-12-11-22-18(24)19(9-2-10-19)14-5-7-16(21)8-6-14/h1,3-8,13,23H,2,9-12H2,(H,22,24). The average Bonchev–Trinajstić information content (AvgIpc) is 2.59. The number of carbonyl (C=O) groups excluding carboxylic acids is 1. The molecular formula is C19H20ClFN2O3S. The number of nitrogens with one attached hydrogen (secondary N) is 2. The van der Waals surface area contributed by atoms with Crippen LogP contribution in [0.5, 0.6) is 0 Å². The van der Waals surface area contributed by atoms with Crippen molar-refractivity contribution < 1.29 is 17.6 Å². The van der Waals surface area contributed by atoms with Crippen LogP contribution < -0.4 is 10.0 Å². The molecule has 0 heterocycles. The largest absolute Gasteiger partial charge is 0.354 e. The first-order chi connectivity index (χ1) is 12.8. The van der Waals surface area contributed by atoms with Crippen LogP contribution in [0.15, 0.2) is 53.4 Å². The summed E-state index contributed by atoms with van der Waals surface area (Å²) in [7, 11) is -3.69. The van der Waals surface area contributed by atoms with Crippen molar-refractivity contribution in [3.8, 4) is 0 Å². The Bertz CT molecular complexity index is 928. The molecule has 1 aliphatic carbocycles. The Hall–Kier alpha value is -1.96. The molecule has 2 aromatic carbocycles. The summed E-state index contributed by atoms with van der Waals surface area (Å²) in [6.45, 7) is 0.210. The molecule has 144 valence electrons. The SMILES string of the molecule is O=C(NCCNS(=O)(=O)c1cccc(Cl)c1)C1(c2ccc(F)cc2)CCC1. The van der Waals surface area contributed by atoms with E-state index in [4.69, 9.17) is 11.6 Å². The zero-order valence-electron chi connectivity index (χ0n) is 14.5. The zero-order valence-corrected chi connectivity index (χ0v) is 16.1. The Labute approximate surface area is 163 Å². The molecule has 8 heteroatoms. The molecule has 1 fully saturated rings. The minimum Gasteiger partial charge on any atom is -0.354 e. The first kappa shape index (κ1) is 19.8. The number of rotatable bonds is 7. The zero-order chi connectivity index (χ0) is 19.5. The second-order valence-corrected chi connectivity index (χ2v) is 8.76. The van der Waals surface area contributed by atoms with Gasteiger partial charge in [-0.3, -0.25) is 4.79 Å². The first-order valence-electron chi connectivity index (χ1n) is 8.63. The smallest absolute Gasteiger partial charge is 0.240 e. The van der Waals surface area contributed by atoms with Crippen molar-refractivity contribution in [3.05, 3.63) is 64.9 Å². The molecule has 2 N–H and O–H groups in total. The summed E-state index contributed by atoms with van der Waals surface area (Å²) < 4.78 is 40.0. The lowest BCUT2D eigenvalue weighted by Crippen LogP contribution is -2.50. The normalized spacial score (nSPS) is 15.8. The maximum Gasteiger partial charge on any atom is 0.240 e. The summed E-state index contributed by atoms with van der Waals surface area (Å²) in [5.41, 5.74) is 0.131. The number of sulfonamides is 1. The van der Waals surface area contributed by atoms with Gasteiger partial charge in [-0.15, -0.1) is 0 Å². The lowest BCUT2D eigenvalue weighted by molar-refractivity contribution is -0.129. The minimum absolute atomic E-state index is 0.0556. The molecule has 0 aliphatic heterocycles. The van der Waals surface area contributed by atoms with E-state index in [2.05, 4.69) is 10.0 Å². The van der Waals surface area contributed by atoms with Crippen molar-refractivity contribution in [1.29, 1.82) is 0 Å². The number of amides is 1. The van der Waals surface area contributed by atoms with E-state index in [1.165, 1.54) is 24.3 Å². The molecule has 1 saturated carbocycles. The summed E-state index contributed by atoms with van der Waals surface area (Å²) in [6, 6.07) is 11.9. The van der Waals surface area contributed by atoms with Gasteiger partial charge in [0.05, 0.1) is 10.3 Å². The van der Waals surface area contributed by atoms with E-state index in [0.717, 1.165) is 12.0 Å². The Balaban J connectivity index is 1.57. The van der Waals surface area contributed by atoms with Gasteiger partial charge in [-0.2, -0.15) is 0 Å². The third-order valence-electron chi connectivity index (χ3n) is 4.85. The van der Waals surface area contributed by atoms with Crippen LogP contribution in [0.4, 0.5) is 4.39 Å². The second-order valence-electron chi connectivity index (χ2n) is 6.55. The van der Waals surface area contributed by atoms with E-state index >= 15 is 0 Å². The minimum atomic E-state index is -3.69. The molecule has 0 saturated heterocycles. The Morgan fingerprint density at radius 2 is 1.81 bits per heavy atom. The van der Waals surface area contributed by atoms with Crippen molar-refractivity contribution in [1.82, 2.24) is 10.0 Å². The Morgan fingerprint density at radius 3 is 2.41 bits per heavy atom. The number of hydrogen-bond donors (Lipinski definition) is 2. The highest BCUT2D eigenvalue weighted by Crippen LogP contribution is 2.43. The molecule has 0 aromatic heterocycles. The van der Waals surface area contributed by atoms with E-state index in [1.807, 2.05) is 0 Å². The molecule has 3 rings (SSSR count). The number of benzene rings is 2. The van der Waals surface area contributed by atoms with Gasteiger partial charge >= 0.3 is 0 Å². The topological polar surface area (TPSA) is 75.3 Å². The fraction of sp³-hybridized carbons (Fsp3) is 0.316. The quantitative estimate of drug-likeness (QED) is 0.689. The monoisotopic (exact) mass is 410 g/mol. The maximum atomic E-state index is 13.1. The average molecular weight is 411 g/mol. The van der Waals surface area contributed by atoms with Crippen molar-refractivity contribution in [2.75, 3.05) is 13.1 Å². The lowest BCUT2D eigenvalue weighted by Gasteiger charge is -2.40. The van der Waals surface area contributed by atoms with Gasteiger partial charge in [0.2, 0.25) is 15.9 Å². The molecular weight excluding hydrogens is 391 g/mol. The summed E-state index contributed by atoms with van der Waals surface area (Å²) in [4.78, 5) is 12.7. The molecule has 0 atom stereocenters. The van der Waals surface area contributed by atoms with Gasteiger partial charge in [0.15, 0.2) is 0 Å². The summed E-state index contributed by atoms with van der Waals surface area (Å²) in [6.07, 6.45) is 2.31. The number of carbonyl (C=O) groups is 1. The van der Waals surface area contributed by atoms with Crippen molar-refractivity contribution in [3.63, 3.8) is 0 Å². The van der Waals surface area contributed by atoms with Gasteiger partial charge in [-0.05, 0) is 48.7 Å². The lowest BCUT2D eigenvalue weighted by atomic mass is 9.64. The van der Waals surface area contributed by atoms with Crippen molar-refractivity contribution in [2.24, 2.45) is 0 Å². The third kappa shape index (κ3) is 4.31. The van der Waals surface area contributed by atoms with Gasteiger partial charge in [0.1, 0.15) is 5.82 Å². The molecule has 0 bridgehead atoms. The fourth-order valence-electron chi connectivity index (χ4n) is 3.19. The van der Waals surface area contributed by atoms with Crippen molar-refractivity contribution in [2.45, 2.75) is 29.6 Å². The highest BCUT2D eigenvalue weighted by atomic mass is 35.5. The molecule has 5 nitrogen and oxygen atoms in total. The van der Waals surface area contributed by atoms with Crippen LogP contribution in [0, 0.1) is 5.82 Å². The van der Waals surface area contributed by atoms with E-state index < -0.39 is 15.4 Å². The van der Waals surface area contributed by atoms with Gasteiger partial charge < -0.3 is 5.32 Å². The molecule has 0 unspecified atom stereocenters. The Kier molecular flexibility index (Phi) is 5.83. The van der Waals surface area contributed by atoms with Crippen LogP contribution >= 0.6 is 11.6 Å². The maximum absolute atomic E-state index is 13.1. The predicted octanol–water partition coefficient (Wildman–Crippen LogP) is 3.00. The predicted molar refractivity (Wildman–Crippen MR) is 102 cm³/mol. The van der Waals surface area contributed by atoms with Crippen LogP contribution in [0.3, 0.4) is 0 Å². The van der Waals surface area contributed by atoms with Crippen LogP contribution in [0.2, 0.25) is 5.02 Å². The fourth-order valence-corrected chi connectivity index (χ4v) is 4.53. The molecule has 0 radical (unpaired) electrons. The molecule has 1 amide bonds. The van der Waals surface area contributed by atoms with E-state index in [-0.39, 0.29) is 29.7 Å². The second kappa shape index (κ2) is 7.96. The summed E-state index contributed by atoms with van der Waals surface area (Å²) in [5, 5.41) is 3.12. The number of hydrogen-bond acceptors (Lipinski definition) is 3.